The standard InChI is InChI=1S/C16H12BrF3N2O/c17-12-5-11(15(21)23)6-13(14(12)16(18,19)20)22-7-9-3-1-2-4-10(9)8-22/h1-6H,7-8H2,(H2,21,23)/i5D,6D. The molecular weight excluding hydrogens is 373 g/mol. The molecular formula is C16H12BrF3N2O. The van der Waals surface area contributed by atoms with Gasteiger partial charge in [-0.1, -0.05) is 40.2 Å². The maximum atomic E-state index is 13.6. The first-order valence-electron chi connectivity index (χ1n) is 7.64. The van der Waals surface area contributed by atoms with Gasteiger partial charge in [0, 0.05) is 23.1 Å². The Kier molecular flexibility index (Phi) is 3.24. The van der Waals surface area contributed by atoms with Gasteiger partial charge in [-0.15, -0.1) is 0 Å². The molecule has 2 aromatic rings. The number of alkyl halides is 3. The number of primary amides is 1. The van der Waals surface area contributed by atoms with E-state index in [2.05, 4.69) is 15.9 Å². The third-order valence-electron chi connectivity index (χ3n) is 3.62. The monoisotopic (exact) mass is 386 g/mol. The number of carbonyl (C=O) groups excluding carboxylic acids is 1. The van der Waals surface area contributed by atoms with Crippen molar-refractivity contribution in [1.29, 1.82) is 0 Å². The van der Waals surface area contributed by atoms with Crippen molar-refractivity contribution in [3.05, 3.63) is 63.1 Å². The van der Waals surface area contributed by atoms with Gasteiger partial charge in [-0.2, -0.15) is 13.2 Å². The number of benzene rings is 2. The van der Waals surface area contributed by atoms with Gasteiger partial charge in [0.25, 0.3) is 0 Å². The topological polar surface area (TPSA) is 46.3 Å². The molecule has 1 aliphatic rings. The Morgan fingerprint density at radius 2 is 1.78 bits per heavy atom. The molecule has 0 aromatic heterocycles. The van der Waals surface area contributed by atoms with Gasteiger partial charge >= 0.3 is 6.18 Å². The highest BCUT2D eigenvalue weighted by atomic mass is 79.9. The predicted octanol–water partition coefficient (Wildman–Crippen LogP) is 4.09. The van der Waals surface area contributed by atoms with E-state index in [1.54, 1.807) is 24.3 Å². The lowest BCUT2D eigenvalue weighted by atomic mass is 10.1. The van der Waals surface area contributed by atoms with Crippen molar-refractivity contribution in [2.75, 3.05) is 4.90 Å². The summed E-state index contributed by atoms with van der Waals surface area (Å²) in [5.41, 5.74) is 4.77. The Labute approximate surface area is 141 Å². The van der Waals surface area contributed by atoms with Gasteiger partial charge in [0.1, 0.15) is 0 Å². The van der Waals surface area contributed by atoms with Crippen LogP contribution in [0.3, 0.4) is 0 Å². The summed E-state index contributed by atoms with van der Waals surface area (Å²) < 4.78 is 56.3. The molecule has 0 atom stereocenters. The Morgan fingerprint density at radius 1 is 1.22 bits per heavy atom. The van der Waals surface area contributed by atoms with Crippen LogP contribution in [0.5, 0.6) is 0 Å². The zero-order valence-electron chi connectivity index (χ0n) is 13.7. The average Bonchev–Trinajstić information content (AvgIpc) is 2.92. The molecule has 0 saturated heterocycles. The molecule has 2 aromatic carbocycles. The van der Waals surface area contributed by atoms with Crippen molar-refractivity contribution in [1.82, 2.24) is 0 Å². The molecule has 1 amide bonds. The lowest BCUT2D eigenvalue weighted by molar-refractivity contribution is -0.137. The van der Waals surface area contributed by atoms with E-state index >= 15 is 0 Å². The molecule has 1 aliphatic heterocycles. The van der Waals surface area contributed by atoms with Crippen LogP contribution in [-0.2, 0) is 19.3 Å². The zero-order valence-corrected chi connectivity index (χ0v) is 13.3. The summed E-state index contributed by atoms with van der Waals surface area (Å²) in [5, 5.41) is 0. The minimum Gasteiger partial charge on any atom is -0.366 e. The second-order valence-corrected chi connectivity index (χ2v) is 5.94. The van der Waals surface area contributed by atoms with Gasteiger partial charge in [-0.25, -0.2) is 0 Å². The third kappa shape index (κ3) is 2.93. The Balaban J connectivity index is 2.27. The fraction of sp³-hybridized carbons (Fsp3) is 0.188. The minimum absolute atomic E-state index is 0.174. The molecule has 2 N–H and O–H groups in total. The second kappa shape index (κ2) is 5.56. The number of anilines is 1. The van der Waals surface area contributed by atoms with E-state index in [4.69, 9.17) is 8.48 Å². The Hall–Kier alpha value is -2.02. The van der Waals surface area contributed by atoms with Crippen molar-refractivity contribution in [3.8, 4) is 0 Å². The molecule has 1 heterocycles. The molecule has 0 aliphatic carbocycles. The van der Waals surface area contributed by atoms with Crippen LogP contribution in [0.1, 0.15) is 29.8 Å². The third-order valence-corrected chi connectivity index (χ3v) is 4.22. The number of fused-ring (bicyclic) bond motifs is 1. The van der Waals surface area contributed by atoms with Crippen LogP contribution in [0.2, 0.25) is 0 Å². The van der Waals surface area contributed by atoms with Gasteiger partial charge in [0.15, 0.2) is 0 Å². The Bertz CT molecular complexity index is 862. The minimum atomic E-state index is -4.80. The molecule has 120 valence electrons. The van der Waals surface area contributed by atoms with Gasteiger partial charge in [0.05, 0.1) is 14.0 Å². The summed E-state index contributed by atoms with van der Waals surface area (Å²) in [6.45, 7) is 0.347. The molecule has 0 spiro atoms. The molecule has 3 nitrogen and oxygen atoms in total. The van der Waals surface area contributed by atoms with Crippen molar-refractivity contribution in [2.24, 2.45) is 5.73 Å². The van der Waals surface area contributed by atoms with Crippen molar-refractivity contribution in [3.63, 3.8) is 0 Å². The first-order valence-corrected chi connectivity index (χ1v) is 7.43. The van der Waals surface area contributed by atoms with E-state index in [0.29, 0.717) is 0 Å². The van der Waals surface area contributed by atoms with Crippen LogP contribution in [0.15, 0.2) is 40.8 Å². The molecule has 3 rings (SSSR count). The van der Waals surface area contributed by atoms with Crippen LogP contribution in [0.25, 0.3) is 0 Å². The van der Waals surface area contributed by atoms with Gasteiger partial charge in [-0.05, 0) is 23.2 Å². The van der Waals surface area contributed by atoms with Crippen molar-refractivity contribution in [2.45, 2.75) is 19.3 Å². The second-order valence-electron chi connectivity index (χ2n) is 5.15. The van der Waals surface area contributed by atoms with Crippen LogP contribution in [0.4, 0.5) is 18.9 Å². The van der Waals surface area contributed by atoms with Crippen LogP contribution < -0.4 is 10.6 Å². The fourth-order valence-electron chi connectivity index (χ4n) is 2.60. The predicted molar refractivity (Wildman–Crippen MR) is 84.0 cm³/mol. The lowest BCUT2D eigenvalue weighted by Gasteiger charge is -2.24. The SMILES string of the molecule is [2H]c1c(Br)c(C(F)(F)F)c(N2Cc3ccccc3C2)c([2H])c1C(N)=O. The zero-order chi connectivity index (χ0) is 18.5. The number of hydrogen-bond donors (Lipinski definition) is 1. The van der Waals surface area contributed by atoms with Crippen LogP contribution >= 0.6 is 15.9 Å². The summed E-state index contributed by atoms with van der Waals surface area (Å²) in [4.78, 5) is 13.0. The molecule has 0 fully saturated rings. The van der Waals surface area contributed by atoms with Crippen molar-refractivity contribution >= 4 is 27.5 Å². The van der Waals surface area contributed by atoms with E-state index in [1.165, 1.54) is 4.90 Å². The summed E-state index contributed by atoms with van der Waals surface area (Å²) in [5.74, 6) is -1.11. The quantitative estimate of drug-likeness (QED) is 0.844. The molecule has 23 heavy (non-hydrogen) atoms. The largest absolute Gasteiger partial charge is 0.419 e. The molecule has 7 heteroatoms. The average molecular weight is 387 g/mol. The normalized spacial score (nSPS) is 15.2. The van der Waals surface area contributed by atoms with Crippen LogP contribution in [-0.4, -0.2) is 5.91 Å². The number of halogens is 4. The maximum absolute atomic E-state index is 13.6. The highest BCUT2D eigenvalue weighted by Gasteiger charge is 2.38. The van der Waals surface area contributed by atoms with E-state index in [-0.39, 0.29) is 13.1 Å². The maximum Gasteiger partial charge on any atom is 0.419 e. The number of hydrogen-bond acceptors (Lipinski definition) is 2. The summed E-state index contributed by atoms with van der Waals surface area (Å²) in [7, 11) is 0. The number of nitrogens with zero attached hydrogens (tertiary/aromatic N) is 1. The Morgan fingerprint density at radius 3 is 2.26 bits per heavy atom. The van der Waals surface area contributed by atoms with Crippen LogP contribution in [0, 0.1) is 0 Å². The summed E-state index contributed by atoms with van der Waals surface area (Å²) >= 11 is 2.78. The number of nitrogens with two attached hydrogens (primary N) is 1. The number of rotatable bonds is 2. The molecule has 0 bridgehead atoms. The molecule has 0 radical (unpaired) electrons. The van der Waals surface area contributed by atoms with Gasteiger partial charge in [0.2, 0.25) is 5.91 Å². The molecule has 0 saturated carbocycles. The number of amides is 1. The highest BCUT2D eigenvalue weighted by Crippen LogP contribution is 2.44. The van der Waals surface area contributed by atoms with E-state index in [0.717, 1.165) is 11.1 Å². The first-order chi connectivity index (χ1) is 11.6. The lowest BCUT2D eigenvalue weighted by Crippen LogP contribution is -2.22. The van der Waals surface area contributed by atoms with E-state index < -0.39 is 45.5 Å². The van der Waals surface area contributed by atoms with Gasteiger partial charge < -0.3 is 10.6 Å². The van der Waals surface area contributed by atoms with E-state index in [1.807, 2.05) is 0 Å². The summed E-state index contributed by atoms with van der Waals surface area (Å²) in [6, 6.07) is 5.76. The van der Waals surface area contributed by atoms with Gasteiger partial charge in [-0.3, -0.25) is 4.79 Å². The number of carbonyl (C=O) groups is 1. The smallest absolute Gasteiger partial charge is 0.366 e. The van der Waals surface area contributed by atoms with Crippen molar-refractivity contribution < 1.29 is 20.7 Å². The molecule has 0 unspecified atom stereocenters. The summed E-state index contributed by atoms with van der Waals surface area (Å²) in [6.07, 6.45) is -4.80. The highest BCUT2D eigenvalue weighted by molar-refractivity contribution is 9.10. The fourth-order valence-corrected chi connectivity index (χ4v) is 3.21. The first kappa shape index (κ1) is 13.4. The van der Waals surface area contributed by atoms with E-state index in [9.17, 15) is 18.0 Å².